The number of ether oxygens (including phenoxy) is 1. The highest BCUT2D eigenvalue weighted by atomic mass is 16.5. The maximum atomic E-state index is 12.5. The first-order valence-electron chi connectivity index (χ1n) is 8.50. The Balaban J connectivity index is 2.14. The van der Waals surface area contributed by atoms with E-state index in [1.165, 1.54) is 4.57 Å². The molecule has 0 aliphatic heterocycles. The highest BCUT2D eigenvalue weighted by Crippen LogP contribution is 2.25. The summed E-state index contributed by atoms with van der Waals surface area (Å²) in [5, 5.41) is 0. The number of nitrogens with zero attached hydrogens (tertiary/aromatic N) is 2. The molecule has 0 atom stereocenters. The first-order valence-corrected chi connectivity index (χ1v) is 8.50. The molecule has 6 nitrogen and oxygen atoms in total. The Morgan fingerprint density at radius 3 is 2.46 bits per heavy atom. The summed E-state index contributed by atoms with van der Waals surface area (Å²) in [7, 11) is 0. The molecule has 0 aliphatic rings. The summed E-state index contributed by atoms with van der Waals surface area (Å²) in [5.74, 6) is 0.855. The Labute approximate surface area is 151 Å². The fourth-order valence-electron chi connectivity index (χ4n) is 2.92. The van der Waals surface area contributed by atoms with Crippen LogP contribution in [0.1, 0.15) is 29.3 Å². The van der Waals surface area contributed by atoms with Crippen molar-refractivity contribution in [2.75, 3.05) is 0 Å². The summed E-state index contributed by atoms with van der Waals surface area (Å²) >= 11 is 0. The molecule has 2 aromatic heterocycles. The van der Waals surface area contributed by atoms with Crippen LogP contribution in [-0.2, 0) is 13.0 Å². The van der Waals surface area contributed by atoms with Crippen molar-refractivity contribution in [2.24, 2.45) is 0 Å². The van der Waals surface area contributed by atoms with Crippen LogP contribution in [0.25, 0.3) is 0 Å². The Morgan fingerprint density at radius 2 is 1.85 bits per heavy atom. The standard InChI is InChI=1S/C20H21N3O3/c1-4-17-18(24)22-20(25)23(12-15-7-5-6-8-21-15)19(17)26-16-10-13(2)9-14(3)11-16/h5-11H,4,12H2,1-3H3,(H,22,24,25). The van der Waals surface area contributed by atoms with Crippen molar-refractivity contribution in [3.8, 4) is 11.6 Å². The van der Waals surface area contributed by atoms with E-state index >= 15 is 0 Å². The molecule has 3 rings (SSSR count). The van der Waals surface area contributed by atoms with E-state index < -0.39 is 11.2 Å². The number of aryl methyl sites for hydroxylation is 2. The molecule has 0 amide bonds. The predicted molar refractivity (Wildman–Crippen MR) is 100 cm³/mol. The second-order valence-corrected chi connectivity index (χ2v) is 6.23. The summed E-state index contributed by atoms with van der Waals surface area (Å²) in [5.41, 5.74) is 2.28. The van der Waals surface area contributed by atoms with Crippen molar-refractivity contribution < 1.29 is 4.74 Å². The maximum Gasteiger partial charge on any atom is 0.331 e. The number of rotatable bonds is 5. The van der Waals surface area contributed by atoms with Crippen molar-refractivity contribution in [3.63, 3.8) is 0 Å². The molecule has 0 aliphatic carbocycles. The van der Waals surface area contributed by atoms with E-state index in [-0.39, 0.29) is 12.4 Å². The van der Waals surface area contributed by atoms with Crippen LogP contribution in [0, 0.1) is 13.8 Å². The van der Waals surface area contributed by atoms with Gasteiger partial charge in [0.05, 0.1) is 17.8 Å². The first-order chi connectivity index (χ1) is 12.5. The summed E-state index contributed by atoms with van der Waals surface area (Å²) in [4.78, 5) is 31.3. The fourth-order valence-corrected chi connectivity index (χ4v) is 2.92. The number of hydrogen-bond donors (Lipinski definition) is 1. The van der Waals surface area contributed by atoms with Crippen LogP contribution in [0.15, 0.2) is 52.2 Å². The van der Waals surface area contributed by atoms with E-state index in [1.54, 1.807) is 6.20 Å². The van der Waals surface area contributed by atoms with Gasteiger partial charge in [-0.15, -0.1) is 0 Å². The van der Waals surface area contributed by atoms with Crippen LogP contribution in [0.2, 0.25) is 0 Å². The van der Waals surface area contributed by atoms with Crippen molar-refractivity contribution in [3.05, 3.63) is 85.8 Å². The van der Waals surface area contributed by atoms with Gasteiger partial charge in [0, 0.05) is 6.20 Å². The summed E-state index contributed by atoms with van der Waals surface area (Å²) in [6.45, 7) is 6.01. The lowest BCUT2D eigenvalue weighted by atomic mass is 10.1. The van der Waals surface area contributed by atoms with Gasteiger partial charge in [0.25, 0.3) is 5.56 Å². The van der Waals surface area contributed by atoms with Crippen molar-refractivity contribution in [1.29, 1.82) is 0 Å². The van der Waals surface area contributed by atoms with E-state index in [1.807, 2.05) is 57.2 Å². The van der Waals surface area contributed by atoms with Gasteiger partial charge in [0.15, 0.2) is 0 Å². The molecule has 2 heterocycles. The van der Waals surface area contributed by atoms with Crippen LogP contribution < -0.4 is 16.0 Å². The topological polar surface area (TPSA) is 77.0 Å². The van der Waals surface area contributed by atoms with Gasteiger partial charge in [0.1, 0.15) is 5.75 Å². The number of aromatic nitrogens is 3. The third-order valence-electron chi connectivity index (χ3n) is 4.05. The molecular weight excluding hydrogens is 330 g/mol. The molecular formula is C20H21N3O3. The average Bonchev–Trinajstić information content (AvgIpc) is 2.58. The monoisotopic (exact) mass is 351 g/mol. The minimum atomic E-state index is -0.516. The second kappa shape index (κ2) is 7.39. The van der Waals surface area contributed by atoms with Crippen molar-refractivity contribution in [1.82, 2.24) is 14.5 Å². The van der Waals surface area contributed by atoms with Crippen LogP contribution in [-0.4, -0.2) is 14.5 Å². The van der Waals surface area contributed by atoms with Crippen molar-refractivity contribution in [2.45, 2.75) is 33.7 Å². The molecule has 0 spiro atoms. The van der Waals surface area contributed by atoms with Gasteiger partial charge in [-0.25, -0.2) is 4.79 Å². The molecule has 134 valence electrons. The Morgan fingerprint density at radius 1 is 1.12 bits per heavy atom. The normalized spacial score (nSPS) is 10.7. The van der Waals surface area contributed by atoms with Crippen LogP contribution in [0.5, 0.6) is 11.6 Å². The van der Waals surface area contributed by atoms with Gasteiger partial charge in [-0.1, -0.05) is 19.1 Å². The maximum absolute atomic E-state index is 12.5. The largest absolute Gasteiger partial charge is 0.440 e. The molecule has 1 aromatic carbocycles. The summed E-state index contributed by atoms with van der Waals surface area (Å²) in [6.07, 6.45) is 2.11. The quantitative estimate of drug-likeness (QED) is 0.767. The summed E-state index contributed by atoms with van der Waals surface area (Å²) in [6, 6.07) is 11.3. The molecule has 26 heavy (non-hydrogen) atoms. The van der Waals surface area contributed by atoms with Gasteiger partial charge in [-0.2, -0.15) is 0 Å². The highest BCUT2D eigenvalue weighted by molar-refractivity contribution is 5.37. The number of pyridine rings is 1. The lowest BCUT2D eigenvalue weighted by Gasteiger charge is -2.16. The lowest BCUT2D eigenvalue weighted by molar-refractivity contribution is 0.412. The number of H-pyrrole nitrogens is 1. The molecule has 0 saturated heterocycles. The SMILES string of the molecule is CCc1c(Oc2cc(C)cc(C)c2)n(Cc2ccccn2)c(=O)[nH]c1=O. The Hall–Kier alpha value is -3.15. The molecule has 3 aromatic rings. The molecule has 0 unspecified atom stereocenters. The van der Waals surface area contributed by atoms with Gasteiger partial charge < -0.3 is 4.74 Å². The Bertz CT molecular complexity index is 1020. The minimum Gasteiger partial charge on any atom is -0.440 e. The van der Waals surface area contributed by atoms with E-state index in [2.05, 4.69) is 9.97 Å². The highest BCUT2D eigenvalue weighted by Gasteiger charge is 2.17. The zero-order chi connectivity index (χ0) is 18.7. The van der Waals surface area contributed by atoms with E-state index in [9.17, 15) is 9.59 Å². The average molecular weight is 351 g/mol. The number of nitrogens with one attached hydrogen (secondary N) is 1. The van der Waals surface area contributed by atoms with Gasteiger partial charge in [0.2, 0.25) is 5.88 Å². The van der Waals surface area contributed by atoms with Gasteiger partial charge >= 0.3 is 5.69 Å². The summed E-state index contributed by atoms with van der Waals surface area (Å²) < 4.78 is 7.46. The third-order valence-corrected chi connectivity index (χ3v) is 4.05. The lowest BCUT2D eigenvalue weighted by Crippen LogP contribution is -2.33. The van der Waals surface area contributed by atoms with E-state index in [0.717, 1.165) is 11.1 Å². The zero-order valence-electron chi connectivity index (χ0n) is 15.1. The van der Waals surface area contributed by atoms with Crippen LogP contribution in [0.3, 0.4) is 0 Å². The molecule has 0 radical (unpaired) electrons. The number of benzene rings is 1. The van der Waals surface area contributed by atoms with Gasteiger partial charge in [-0.3, -0.25) is 19.3 Å². The smallest absolute Gasteiger partial charge is 0.331 e. The van der Waals surface area contributed by atoms with Crippen molar-refractivity contribution >= 4 is 0 Å². The number of aromatic amines is 1. The first kappa shape index (κ1) is 17.7. The predicted octanol–water partition coefficient (Wildman–Crippen LogP) is 2.95. The van der Waals surface area contributed by atoms with Gasteiger partial charge in [-0.05, 0) is 55.7 Å². The zero-order valence-corrected chi connectivity index (χ0v) is 15.1. The molecule has 0 bridgehead atoms. The second-order valence-electron chi connectivity index (χ2n) is 6.23. The molecule has 6 heteroatoms. The number of hydrogen-bond acceptors (Lipinski definition) is 4. The molecule has 0 fully saturated rings. The third kappa shape index (κ3) is 3.74. The molecule has 0 saturated carbocycles. The van der Waals surface area contributed by atoms with Crippen LogP contribution in [0.4, 0.5) is 0 Å². The fraction of sp³-hybridized carbons (Fsp3) is 0.250. The van der Waals surface area contributed by atoms with E-state index in [4.69, 9.17) is 4.74 Å². The molecule has 1 N–H and O–H groups in total. The Kier molecular flexibility index (Phi) is 5.02. The minimum absolute atomic E-state index is 0.212. The van der Waals surface area contributed by atoms with Crippen LogP contribution >= 0.6 is 0 Å². The van der Waals surface area contributed by atoms with E-state index in [0.29, 0.717) is 23.4 Å².